The second-order valence-corrected chi connectivity index (χ2v) is 7.22. The molecule has 0 saturated carbocycles. The molecule has 19 heavy (non-hydrogen) atoms. The second-order valence-electron chi connectivity index (χ2n) is 5.71. The average molecular weight is 280 g/mol. The molecular formula is C16H24O2S. The minimum atomic E-state index is -0.117. The van der Waals surface area contributed by atoms with E-state index in [2.05, 4.69) is 52.0 Å². The maximum absolute atomic E-state index is 11.4. The molecule has 0 amide bonds. The van der Waals surface area contributed by atoms with Crippen molar-refractivity contribution in [1.29, 1.82) is 0 Å². The van der Waals surface area contributed by atoms with E-state index in [9.17, 15) is 4.79 Å². The van der Waals surface area contributed by atoms with Gasteiger partial charge in [0.1, 0.15) is 0 Å². The van der Waals surface area contributed by atoms with Crippen LogP contribution in [-0.2, 0) is 14.9 Å². The number of carbonyl (C=O) groups excluding carboxylic acids is 1. The van der Waals surface area contributed by atoms with Crippen molar-refractivity contribution in [2.24, 2.45) is 0 Å². The number of ether oxygens (including phenoxy) is 1. The van der Waals surface area contributed by atoms with Crippen molar-refractivity contribution < 1.29 is 9.53 Å². The van der Waals surface area contributed by atoms with Crippen molar-refractivity contribution in [2.75, 3.05) is 6.61 Å². The molecule has 0 spiro atoms. The van der Waals surface area contributed by atoms with Crippen molar-refractivity contribution in [2.45, 2.75) is 56.6 Å². The normalized spacial score (nSPS) is 13.1. The van der Waals surface area contributed by atoms with Crippen LogP contribution in [0.25, 0.3) is 0 Å². The molecule has 2 nitrogen and oxygen atoms in total. The minimum Gasteiger partial charge on any atom is -0.466 e. The Morgan fingerprint density at radius 1 is 1.26 bits per heavy atom. The van der Waals surface area contributed by atoms with Gasteiger partial charge in [-0.2, -0.15) is 0 Å². The summed E-state index contributed by atoms with van der Waals surface area (Å²) >= 11 is 1.72. The minimum absolute atomic E-state index is 0.117. The SMILES string of the molecule is CCOC(=O)CC(C)Sc1ccc(C(C)(C)C)cc1. The molecule has 1 aromatic carbocycles. The van der Waals surface area contributed by atoms with E-state index in [1.165, 1.54) is 10.5 Å². The van der Waals surface area contributed by atoms with Crippen molar-refractivity contribution in [3.63, 3.8) is 0 Å². The third-order valence-corrected chi connectivity index (χ3v) is 3.93. The van der Waals surface area contributed by atoms with Gasteiger partial charge in [0.25, 0.3) is 0 Å². The Bertz CT molecular complexity index is 404. The summed E-state index contributed by atoms with van der Waals surface area (Å²) in [6, 6.07) is 8.60. The van der Waals surface area contributed by atoms with E-state index in [1.54, 1.807) is 11.8 Å². The van der Waals surface area contributed by atoms with Gasteiger partial charge in [-0.05, 0) is 30.0 Å². The Hall–Kier alpha value is -0.960. The molecule has 0 aliphatic carbocycles. The summed E-state index contributed by atoms with van der Waals surface area (Å²) in [5, 5.41) is 0.236. The largest absolute Gasteiger partial charge is 0.466 e. The molecular weight excluding hydrogens is 256 g/mol. The number of carbonyl (C=O) groups is 1. The number of benzene rings is 1. The zero-order valence-corrected chi connectivity index (χ0v) is 13.3. The fraction of sp³-hybridized carbons (Fsp3) is 0.562. The lowest BCUT2D eigenvalue weighted by Gasteiger charge is -2.19. The summed E-state index contributed by atoms with van der Waals surface area (Å²) in [4.78, 5) is 12.6. The van der Waals surface area contributed by atoms with Gasteiger partial charge in [0.15, 0.2) is 0 Å². The number of hydrogen-bond donors (Lipinski definition) is 0. The highest BCUT2D eigenvalue weighted by Gasteiger charge is 2.14. The first-order chi connectivity index (χ1) is 8.82. The summed E-state index contributed by atoms with van der Waals surface area (Å²) in [6.45, 7) is 11.0. The first-order valence-corrected chi connectivity index (χ1v) is 7.63. The molecule has 0 heterocycles. The molecule has 0 radical (unpaired) electrons. The van der Waals surface area contributed by atoms with E-state index in [1.807, 2.05) is 6.92 Å². The molecule has 0 aliphatic heterocycles. The monoisotopic (exact) mass is 280 g/mol. The molecule has 106 valence electrons. The van der Waals surface area contributed by atoms with Gasteiger partial charge < -0.3 is 4.74 Å². The number of esters is 1. The first kappa shape index (κ1) is 16.1. The van der Waals surface area contributed by atoms with Crippen LogP contribution in [0.5, 0.6) is 0 Å². The van der Waals surface area contributed by atoms with Gasteiger partial charge in [-0.1, -0.05) is 39.8 Å². The van der Waals surface area contributed by atoms with Crippen LogP contribution >= 0.6 is 11.8 Å². The van der Waals surface area contributed by atoms with Gasteiger partial charge in [-0.15, -0.1) is 11.8 Å². The zero-order valence-electron chi connectivity index (χ0n) is 12.5. The second kappa shape index (κ2) is 6.99. The smallest absolute Gasteiger partial charge is 0.306 e. The fourth-order valence-corrected chi connectivity index (χ4v) is 2.74. The molecule has 1 unspecified atom stereocenters. The topological polar surface area (TPSA) is 26.3 Å². The van der Waals surface area contributed by atoms with Crippen molar-refractivity contribution in [3.8, 4) is 0 Å². The maximum Gasteiger partial charge on any atom is 0.306 e. The van der Waals surface area contributed by atoms with Crippen molar-refractivity contribution >= 4 is 17.7 Å². The number of hydrogen-bond acceptors (Lipinski definition) is 3. The van der Waals surface area contributed by atoms with Crippen LogP contribution in [0.4, 0.5) is 0 Å². The highest BCUT2D eigenvalue weighted by atomic mass is 32.2. The summed E-state index contributed by atoms with van der Waals surface area (Å²) in [5.41, 5.74) is 1.51. The molecule has 1 atom stereocenters. The van der Waals surface area contributed by atoms with E-state index in [-0.39, 0.29) is 16.6 Å². The Labute approximate surface area is 120 Å². The highest BCUT2D eigenvalue weighted by Crippen LogP contribution is 2.28. The Kier molecular flexibility index (Phi) is 5.92. The van der Waals surface area contributed by atoms with Gasteiger partial charge in [-0.3, -0.25) is 4.79 Å². The lowest BCUT2D eigenvalue weighted by Crippen LogP contribution is -2.11. The van der Waals surface area contributed by atoms with Crippen LogP contribution in [0.15, 0.2) is 29.2 Å². The quantitative estimate of drug-likeness (QED) is 0.590. The van der Waals surface area contributed by atoms with E-state index >= 15 is 0 Å². The van der Waals surface area contributed by atoms with E-state index in [0.29, 0.717) is 13.0 Å². The van der Waals surface area contributed by atoms with E-state index in [0.717, 1.165) is 0 Å². The molecule has 0 saturated heterocycles. The Morgan fingerprint density at radius 3 is 2.32 bits per heavy atom. The van der Waals surface area contributed by atoms with Gasteiger partial charge in [0, 0.05) is 10.1 Å². The molecule has 0 fully saturated rings. The van der Waals surface area contributed by atoms with Gasteiger partial charge in [-0.25, -0.2) is 0 Å². The summed E-state index contributed by atoms with van der Waals surface area (Å²) in [7, 11) is 0. The van der Waals surface area contributed by atoms with Crippen LogP contribution in [0.1, 0.15) is 46.6 Å². The van der Waals surface area contributed by atoms with Crippen molar-refractivity contribution in [1.82, 2.24) is 0 Å². The standard InChI is InChI=1S/C16H24O2S/c1-6-18-15(17)11-12(2)19-14-9-7-13(8-10-14)16(3,4)5/h7-10,12H,6,11H2,1-5H3. The summed E-state index contributed by atoms with van der Waals surface area (Å²) in [6.07, 6.45) is 0.458. The lowest BCUT2D eigenvalue weighted by molar-refractivity contribution is -0.142. The third kappa shape index (κ3) is 5.68. The predicted molar refractivity (Wildman–Crippen MR) is 81.7 cm³/mol. The average Bonchev–Trinajstić information content (AvgIpc) is 2.28. The lowest BCUT2D eigenvalue weighted by atomic mass is 9.87. The Morgan fingerprint density at radius 2 is 1.84 bits per heavy atom. The van der Waals surface area contributed by atoms with Crippen LogP contribution in [0, 0.1) is 0 Å². The number of rotatable bonds is 5. The predicted octanol–water partition coefficient (Wildman–Crippen LogP) is 4.42. The van der Waals surface area contributed by atoms with Crippen LogP contribution in [0.3, 0.4) is 0 Å². The van der Waals surface area contributed by atoms with Crippen LogP contribution < -0.4 is 0 Å². The molecule has 0 N–H and O–H groups in total. The molecule has 0 bridgehead atoms. The van der Waals surface area contributed by atoms with Gasteiger partial charge in [0.05, 0.1) is 13.0 Å². The highest BCUT2D eigenvalue weighted by molar-refractivity contribution is 8.00. The van der Waals surface area contributed by atoms with Crippen LogP contribution in [-0.4, -0.2) is 17.8 Å². The molecule has 0 aliphatic rings. The first-order valence-electron chi connectivity index (χ1n) is 6.75. The van der Waals surface area contributed by atoms with Crippen LogP contribution in [0.2, 0.25) is 0 Å². The van der Waals surface area contributed by atoms with E-state index in [4.69, 9.17) is 4.74 Å². The number of thioether (sulfide) groups is 1. The summed E-state index contributed by atoms with van der Waals surface area (Å²) in [5.74, 6) is -0.117. The molecule has 1 rings (SSSR count). The molecule has 0 aromatic heterocycles. The van der Waals surface area contributed by atoms with Gasteiger partial charge in [0.2, 0.25) is 0 Å². The molecule has 1 aromatic rings. The third-order valence-electron chi connectivity index (χ3n) is 2.82. The summed E-state index contributed by atoms with van der Waals surface area (Å²) < 4.78 is 4.96. The molecule has 3 heteroatoms. The van der Waals surface area contributed by atoms with Gasteiger partial charge >= 0.3 is 5.97 Å². The maximum atomic E-state index is 11.4. The van der Waals surface area contributed by atoms with E-state index < -0.39 is 0 Å². The zero-order chi connectivity index (χ0) is 14.5. The van der Waals surface area contributed by atoms with Crippen molar-refractivity contribution in [3.05, 3.63) is 29.8 Å². The Balaban J connectivity index is 2.56. The fourth-order valence-electron chi connectivity index (χ4n) is 1.76.